The molecule has 2 aliphatic rings. The fraction of sp³-hybridized carbons (Fsp3) is 0.459. The number of halogens is 2. The largest absolute Gasteiger partial charge is 0.453 e. The van der Waals surface area contributed by atoms with Crippen molar-refractivity contribution in [3.63, 3.8) is 0 Å². The van der Waals surface area contributed by atoms with E-state index in [1.165, 1.54) is 24.3 Å². The number of alkyl carbamates (subject to hydrolysis) is 1. The number of hydrogen-bond donors (Lipinski definition) is 4. The minimum atomic E-state index is -1.31. The lowest BCUT2D eigenvalue weighted by Gasteiger charge is -2.34. The van der Waals surface area contributed by atoms with Crippen molar-refractivity contribution in [1.29, 1.82) is 0 Å². The molecule has 6 atom stereocenters. The van der Waals surface area contributed by atoms with E-state index in [9.17, 15) is 23.9 Å². The standard InChI is InChI=1S/C37H45ClFN5O8/c1-37(2,3)32(42-35(47)49-4)33(46)41-29(16-22-7-9-24(10-8-22)25-6-5-12-40-18-25)30(45)20-44(19-23-14-26(38)17-27(39)15-23)43-36(48)52-31-21-51-34-28(31)11-13-50-34/h5-10,12,14-15,17-18,28-32,34,45H,11,13,16,19-21H2,1-4H3,(H,41,46)(H,42,47)(H,43,48). The summed E-state index contributed by atoms with van der Waals surface area (Å²) in [5, 5.41) is 18.9. The summed E-state index contributed by atoms with van der Waals surface area (Å²) in [6.45, 7) is 5.72. The van der Waals surface area contributed by atoms with Gasteiger partial charge in [0.15, 0.2) is 6.29 Å². The first-order valence-electron chi connectivity index (χ1n) is 17.0. The molecule has 3 aromatic rings. The zero-order valence-electron chi connectivity index (χ0n) is 29.5. The SMILES string of the molecule is COC(=O)NC(C(=O)NC(Cc1ccc(-c2cccnc2)cc1)C(O)CN(Cc1cc(F)cc(Cl)c1)NC(=O)OC1COC2OCCC12)C(C)(C)C. The summed E-state index contributed by atoms with van der Waals surface area (Å²) in [7, 11) is 1.20. The van der Waals surface area contributed by atoms with Crippen molar-refractivity contribution in [3.8, 4) is 11.1 Å². The molecule has 5 rings (SSSR count). The van der Waals surface area contributed by atoms with Gasteiger partial charge in [0, 0.05) is 30.5 Å². The summed E-state index contributed by atoms with van der Waals surface area (Å²) in [5.74, 6) is -1.24. The number of hydrogen-bond acceptors (Lipinski definition) is 10. The third-order valence-electron chi connectivity index (χ3n) is 8.97. The van der Waals surface area contributed by atoms with Gasteiger partial charge in [-0.1, -0.05) is 62.7 Å². The molecule has 280 valence electrons. The van der Waals surface area contributed by atoms with Crippen LogP contribution in [0, 0.1) is 17.2 Å². The number of fused-ring (bicyclic) bond motifs is 1. The van der Waals surface area contributed by atoms with Crippen molar-refractivity contribution < 1.29 is 42.8 Å². The van der Waals surface area contributed by atoms with Crippen LogP contribution >= 0.6 is 11.6 Å². The number of rotatable bonds is 13. The second-order valence-corrected chi connectivity index (χ2v) is 14.4. The Labute approximate surface area is 307 Å². The monoisotopic (exact) mass is 741 g/mol. The predicted molar refractivity (Wildman–Crippen MR) is 189 cm³/mol. The number of aliphatic hydroxyl groups excluding tert-OH is 1. The molecule has 15 heteroatoms. The van der Waals surface area contributed by atoms with Gasteiger partial charge in [-0.05, 0) is 64.8 Å². The van der Waals surface area contributed by atoms with Gasteiger partial charge in [0.1, 0.15) is 18.0 Å². The molecule has 0 spiro atoms. The van der Waals surface area contributed by atoms with Crippen LogP contribution in [-0.4, -0.2) is 90.6 Å². The smallest absolute Gasteiger partial charge is 0.422 e. The van der Waals surface area contributed by atoms with Crippen molar-refractivity contribution in [1.82, 2.24) is 26.1 Å². The molecule has 0 bridgehead atoms. The number of amides is 3. The maximum absolute atomic E-state index is 14.4. The molecule has 13 nitrogen and oxygen atoms in total. The first-order chi connectivity index (χ1) is 24.8. The maximum Gasteiger partial charge on any atom is 0.422 e. The summed E-state index contributed by atoms with van der Waals surface area (Å²) in [6, 6.07) is 13.4. The molecule has 1 aromatic heterocycles. The first-order valence-corrected chi connectivity index (χ1v) is 17.4. The van der Waals surface area contributed by atoms with Crippen LogP contribution < -0.4 is 16.1 Å². The third kappa shape index (κ3) is 10.6. The maximum atomic E-state index is 14.4. The van der Waals surface area contributed by atoms with E-state index < -0.39 is 59.9 Å². The van der Waals surface area contributed by atoms with Gasteiger partial charge in [0.25, 0.3) is 0 Å². The highest BCUT2D eigenvalue weighted by Crippen LogP contribution is 2.33. The van der Waals surface area contributed by atoms with Gasteiger partial charge < -0.3 is 34.7 Å². The van der Waals surface area contributed by atoms with E-state index in [2.05, 4.69) is 21.0 Å². The van der Waals surface area contributed by atoms with Crippen LogP contribution in [0.4, 0.5) is 14.0 Å². The van der Waals surface area contributed by atoms with Crippen molar-refractivity contribution in [2.75, 3.05) is 26.9 Å². The predicted octanol–water partition coefficient (Wildman–Crippen LogP) is 4.60. The second kappa shape index (κ2) is 17.5. The molecule has 4 N–H and O–H groups in total. The van der Waals surface area contributed by atoms with Gasteiger partial charge in [-0.15, -0.1) is 0 Å². The fourth-order valence-electron chi connectivity index (χ4n) is 6.29. The average molecular weight is 742 g/mol. The zero-order valence-corrected chi connectivity index (χ0v) is 30.3. The minimum Gasteiger partial charge on any atom is -0.453 e. The molecule has 52 heavy (non-hydrogen) atoms. The van der Waals surface area contributed by atoms with Crippen LogP contribution in [-0.2, 0) is 36.7 Å². The number of ether oxygens (including phenoxy) is 4. The number of hydrazine groups is 1. The van der Waals surface area contributed by atoms with Gasteiger partial charge in [-0.2, -0.15) is 0 Å². The van der Waals surface area contributed by atoms with E-state index in [4.69, 9.17) is 30.5 Å². The first kappa shape index (κ1) is 38.9. The number of pyridine rings is 1. The van der Waals surface area contributed by atoms with Crippen LogP contribution in [0.5, 0.6) is 0 Å². The number of carbonyl (C=O) groups excluding carboxylic acids is 3. The number of carbonyl (C=O) groups is 3. The molecular weight excluding hydrogens is 697 g/mol. The summed E-state index contributed by atoms with van der Waals surface area (Å²) >= 11 is 6.14. The van der Waals surface area contributed by atoms with Gasteiger partial charge in [-0.3, -0.25) is 15.2 Å². The Hall–Kier alpha value is -4.34. The van der Waals surface area contributed by atoms with E-state index in [1.54, 1.807) is 33.2 Å². The van der Waals surface area contributed by atoms with Crippen LogP contribution in [0.1, 0.15) is 38.3 Å². The van der Waals surface area contributed by atoms with Crippen molar-refractivity contribution >= 4 is 29.7 Å². The number of nitrogens with one attached hydrogen (secondary N) is 3. The molecule has 0 saturated carbocycles. The number of aromatic nitrogens is 1. The average Bonchev–Trinajstić information content (AvgIpc) is 3.71. The number of benzene rings is 2. The van der Waals surface area contributed by atoms with E-state index >= 15 is 0 Å². The van der Waals surface area contributed by atoms with Gasteiger partial charge in [0.05, 0.1) is 38.4 Å². The second-order valence-electron chi connectivity index (χ2n) is 14.0. The number of methoxy groups -OCH3 is 1. The Balaban J connectivity index is 1.38. The van der Waals surface area contributed by atoms with Crippen LogP contribution in [0.25, 0.3) is 11.1 Å². The molecule has 2 fully saturated rings. The lowest BCUT2D eigenvalue weighted by Crippen LogP contribution is -2.59. The van der Waals surface area contributed by atoms with E-state index in [1.807, 2.05) is 36.4 Å². The molecule has 6 unspecified atom stereocenters. The number of aliphatic hydroxyl groups is 1. The molecule has 2 aromatic carbocycles. The highest BCUT2D eigenvalue weighted by molar-refractivity contribution is 6.30. The molecule has 2 saturated heterocycles. The Bertz CT molecular complexity index is 1660. The van der Waals surface area contributed by atoms with Crippen molar-refractivity contribution in [3.05, 3.63) is 89.0 Å². The molecule has 0 radical (unpaired) electrons. The molecule has 0 aliphatic carbocycles. The van der Waals surface area contributed by atoms with Gasteiger partial charge in [0.2, 0.25) is 5.91 Å². The summed E-state index contributed by atoms with van der Waals surface area (Å²) in [4.78, 5) is 43.4. The molecule has 3 heterocycles. The Kier molecular flexibility index (Phi) is 13.0. The van der Waals surface area contributed by atoms with Crippen LogP contribution in [0.2, 0.25) is 5.02 Å². The van der Waals surface area contributed by atoms with Crippen molar-refractivity contribution in [2.45, 2.75) is 70.7 Å². The molecule has 2 aliphatic heterocycles. The Morgan fingerprint density at radius 3 is 2.50 bits per heavy atom. The lowest BCUT2D eigenvalue weighted by atomic mass is 9.85. The van der Waals surface area contributed by atoms with E-state index in [0.29, 0.717) is 18.6 Å². The molecular formula is C37H45ClFN5O8. The van der Waals surface area contributed by atoms with E-state index in [0.717, 1.165) is 22.8 Å². The van der Waals surface area contributed by atoms with Gasteiger partial charge >= 0.3 is 12.2 Å². The summed E-state index contributed by atoms with van der Waals surface area (Å²) in [6.07, 6.45) is 0.407. The Morgan fingerprint density at radius 1 is 1.06 bits per heavy atom. The van der Waals surface area contributed by atoms with Crippen LogP contribution in [0.3, 0.4) is 0 Å². The highest BCUT2D eigenvalue weighted by Gasteiger charge is 2.44. The quantitative estimate of drug-likeness (QED) is 0.182. The van der Waals surface area contributed by atoms with Crippen LogP contribution in [0.15, 0.2) is 67.0 Å². The normalized spacial score (nSPS) is 20.0. The zero-order chi connectivity index (χ0) is 37.4. The number of nitrogens with zero attached hydrogens (tertiary/aromatic N) is 2. The topological polar surface area (TPSA) is 161 Å². The van der Waals surface area contributed by atoms with Crippen molar-refractivity contribution in [2.24, 2.45) is 11.3 Å². The summed E-state index contributed by atoms with van der Waals surface area (Å²) < 4.78 is 36.0. The summed E-state index contributed by atoms with van der Waals surface area (Å²) in [5.41, 5.74) is 4.99. The minimum absolute atomic E-state index is 0.0744. The highest BCUT2D eigenvalue weighted by atomic mass is 35.5. The Morgan fingerprint density at radius 2 is 1.83 bits per heavy atom. The fourth-order valence-corrected chi connectivity index (χ4v) is 6.53. The van der Waals surface area contributed by atoms with E-state index in [-0.39, 0.29) is 37.1 Å². The lowest BCUT2D eigenvalue weighted by molar-refractivity contribution is -0.127. The molecule has 3 amide bonds. The van der Waals surface area contributed by atoms with Gasteiger partial charge in [-0.25, -0.2) is 19.0 Å². The third-order valence-corrected chi connectivity index (χ3v) is 9.19.